The summed E-state index contributed by atoms with van der Waals surface area (Å²) in [5.74, 6) is 0. The molecule has 0 fully saturated rings. The van der Waals surface area contributed by atoms with E-state index < -0.39 is 10.0 Å². The lowest BCUT2D eigenvalue weighted by atomic mass is 10.1. The fourth-order valence-electron chi connectivity index (χ4n) is 2.65. The highest BCUT2D eigenvalue weighted by atomic mass is 32.2. The van der Waals surface area contributed by atoms with Gasteiger partial charge in [-0.15, -0.1) is 0 Å². The molecule has 0 atom stereocenters. The summed E-state index contributed by atoms with van der Waals surface area (Å²) < 4.78 is 22.5. The molecule has 0 saturated carbocycles. The maximum atomic E-state index is 12.1. The average Bonchev–Trinajstić information content (AvgIpc) is 2.65. The van der Waals surface area contributed by atoms with Gasteiger partial charge in [-0.05, 0) is 48.5 Å². The lowest BCUT2D eigenvalue weighted by Gasteiger charge is -2.20. The first-order valence-corrected chi connectivity index (χ1v) is 10.3. The Morgan fingerprint density at radius 1 is 1.00 bits per heavy atom. The van der Waals surface area contributed by atoms with Crippen LogP contribution >= 0.6 is 0 Å². The van der Waals surface area contributed by atoms with Crippen LogP contribution in [0.25, 0.3) is 0 Å². The number of nitrogens with one attached hydrogen (secondary N) is 2. The van der Waals surface area contributed by atoms with E-state index in [0.717, 1.165) is 25.2 Å². The van der Waals surface area contributed by atoms with Gasteiger partial charge in [0.05, 0.1) is 4.90 Å². The average molecular weight is 391 g/mol. The number of hydrogen-bond donors (Lipinski definition) is 3. The maximum Gasteiger partial charge on any atom is 0.319 e. The second-order valence-corrected chi connectivity index (χ2v) is 7.67. The smallest absolute Gasteiger partial charge is 0.319 e. The van der Waals surface area contributed by atoms with Gasteiger partial charge >= 0.3 is 6.03 Å². The van der Waals surface area contributed by atoms with Crippen LogP contribution < -0.4 is 15.8 Å². The van der Waals surface area contributed by atoms with E-state index in [4.69, 9.17) is 5.14 Å². The van der Waals surface area contributed by atoms with Gasteiger partial charge in [0.1, 0.15) is 0 Å². The molecule has 0 radical (unpaired) electrons. The van der Waals surface area contributed by atoms with Crippen molar-refractivity contribution in [2.24, 2.45) is 5.14 Å². The van der Waals surface area contributed by atoms with Gasteiger partial charge in [-0.3, -0.25) is 4.90 Å². The number of amides is 2. The molecule has 27 heavy (non-hydrogen) atoms. The van der Waals surface area contributed by atoms with Crippen molar-refractivity contribution in [2.75, 3.05) is 18.4 Å². The molecule has 2 aromatic rings. The van der Waals surface area contributed by atoms with E-state index in [-0.39, 0.29) is 10.9 Å². The van der Waals surface area contributed by atoms with Crippen LogP contribution in [-0.4, -0.2) is 32.4 Å². The zero-order valence-electron chi connectivity index (χ0n) is 15.6. The van der Waals surface area contributed by atoms with Crippen LogP contribution in [-0.2, 0) is 23.1 Å². The Bertz CT molecular complexity index is 863. The van der Waals surface area contributed by atoms with E-state index in [0.29, 0.717) is 12.2 Å². The Hall–Kier alpha value is -2.42. The van der Waals surface area contributed by atoms with Gasteiger partial charge in [0.25, 0.3) is 0 Å². The second kappa shape index (κ2) is 9.50. The number of rotatable bonds is 8. The molecule has 7 nitrogen and oxygen atoms in total. The maximum absolute atomic E-state index is 12.1. The largest absolute Gasteiger partial charge is 0.334 e. The zero-order valence-corrected chi connectivity index (χ0v) is 16.4. The third kappa shape index (κ3) is 6.35. The van der Waals surface area contributed by atoms with Crippen molar-refractivity contribution < 1.29 is 13.2 Å². The van der Waals surface area contributed by atoms with Crippen molar-refractivity contribution in [3.8, 4) is 0 Å². The van der Waals surface area contributed by atoms with Gasteiger partial charge in [0, 0.05) is 18.8 Å². The number of hydrogen-bond acceptors (Lipinski definition) is 4. The summed E-state index contributed by atoms with van der Waals surface area (Å²) in [6, 6.07) is 13.3. The molecule has 0 unspecified atom stereocenters. The number of nitrogens with zero attached hydrogens (tertiary/aromatic N) is 1. The standard InChI is InChI=1S/C19H26N4O3S/c1-3-23(4-2)14-16-8-6-5-7-15(16)13-21-19(24)22-17-9-11-18(12-10-17)27(20,25)26/h5-12H,3-4,13-14H2,1-2H3,(H2,20,25,26)(H2,21,22,24). The topological polar surface area (TPSA) is 105 Å². The molecule has 0 aliphatic carbocycles. The molecule has 2 rings (SSSR count). The van der Waals surface area contributed by atoms with Crippen LogP contribution in [0.5, 0.6) is 0 Å². The Labute approximate surface area is 160 Å². The monoisotopic (exact) mass is 390 g/mol. The van der Waals surface area contributed by atoms with E-state index in [1.807, 2.05) is 18.2 Å². The van der Waals surface area contributed by atoms with E-state index in [1.165, 1.54) is 29.8 Å². The quantitative estimate of drug-likeness (QED) is 0.644. The van der Waals surface area contributed by atoms with Crippen molar-refractivity contribution in [2.45, 2.75) is 31.8 Å². The minimum Gasteiger partial charge on any atom is -0.334 e. The fraction of sp³-hybridized carbons (Fsp3) is 0.316. The third-order valence-corrected chi connectivity index (χ3v) is 5.22. The Morgan fingerprint density at radius 2 is 1.59 bits per heavy atom. The zero-order chi connectivity index (χ0) is 19.9. The number of carbonyl (C=O) groups excluding carboxylic acids is 1. The van der Waals surface area contributed by atoms with Crippen LogP contribution in [0.15, 0.2) is 53.4 Å². The molecule has 2 amide bonds. The first-order valence-electron chi connectivity index (χ1n) is 8.80. The number of urea groups is 1. The number of nitrogens with two attached hydrogens (primary N) is 1. The van der Waals surface area contributed by atoms with Gasteiger partial charge in [-0.1, -0.05) is 38.1 Å². The third-order valence-electron chi connectivity index (χ3n) is 4.29. The number of sulfonamides is 1. The van der Waals surface area contributed by atoms with Crippen molar-refractivity contribution in [3.63, 3.8) is 0 Å². The van der Waals surface area contributed by atoms with Crippen molar-refractivity contribution in [3.05, 3.63) is 59.7 Å². The molecule has 2 aromatic carbocycles. The molecule has 0 aliphatic heterocycles. The summed E-state index contributed by atoms with van der Waals surface area (Å²) in [6.07, 6.45) is 0. The Balaban J connectivity index is 1.96. The van der Waals surface area contributed by atoms with Gasteiger partial charge in [-0.25, -0.2) is 18.4 Å². The minimum atomic E-state index is -3.75. The van der Waals surface area contributed by atoms with Crippen LogP contribution in [0.2, 0.25) is 0 Å². The molecule has 0 spiro atoms. The number of anilines is 1. The minimum absolute atomic E-state index is 0.00112. The summed E-state index contributed by atoms with van der Waals surface area (Å²) >= 11 is 0. The lowest BCUT2D eigenvalue weighted by molar-refractivity contribution is 0.251. The summed E-state index contributed by atoms with van der Waals surface area (Å²) in [5.41, 5.74) is 2.72. The van der Waals surface area contributed by atoms with Gasteiger partial charge in [0.15, 0.2) is 0 Å². The first-order chi connectivity index (χ1) is 12.8. The highest BCUT2D eigenvalue weighted by molar-refractivity contribution is 7.89. The van der Waals surface area contributed by atoms with Crippen LogP contribution in [0, 0.1) is 0 Å². The molecule has 8 heteroatoms. The predicted octanol–water partition coefficient (Wildman–Crippen LogP) is 2.50. The summed E-state index contributed by atoms with van der Waals surface area (Å²) in [5, 5.41) is 10.6. The molecular weight excluding hydrogens is 364 g/mol. The van der Waals surface area contributed by atoms with Crippen molar-refractivity contribution in [1.82, 2.24) is 10.2 Å². The van der Waals surface area contributed by atoms with E-state index >= 15 is 0 Å². The van der Waals surface area contributed by atoms with E-state index in [2.05, 4.69) is 35.4 Å². The molecule has 146 valence electrons. The number of carbonyl (C=O) groups is 1. The summed E-state index contributed by atoms with van der Waals surface area (Å²) in [6.45, 7) is 7.42. The van der Waals surface area contributed by atoms with E-state index in [1.54, 1.807) is 0 Å². The SMILES string of the molecule is CCN(CC)Cc1ccccc1CNC(=O)Nc1ccc(S(N)(=O)=O)cc1. The normalized spacial score (nSPS) is 11.4. The Morgan fingerprint density at radius 3 is 2.15 bits per heavy atom. The predicted molar refractivity (Wildman–Crippen MR) is 107 cm³/mol. The molecule has 0 aromatic heterocycles. The molecule has 0 bridgehead atoms. The Kier molecular flexibility index (Phi) is 7.35. The summed E-state index contributed by atoms with van der Waals surface area (Å²) in [4.78, 5) is 14.4. The molecule has 0 saturated heterocycles. The van der Waals surface area contributed by atoms with E-state index in [9.17, 15) is 13.2 Å². The summed E-state index contributed by atoms with van der Waals surface area (Å²) in [7, 11) is -3.75. The molecular formula is C19H26N4O3S. The van der Waals surface area contributed by atoms with Crippen LogP contribution in [0.1, 0.15) is 25.0 Å². The highest BCUT2D eigenvalue weighted by Gasteiger charge is 2.09. The fourth-order valence-corrected chi connectivity index (χ4v) is 3.17. The molecule has 4 N–H and O–H groups in total. The van der Waals surface area contributed by atoms with Gasteiger partial charge in [0.2, 0.25) is 10.0 Å². The lowest BCUT2D eigenvalue weighted by Crippen LogP contribution is -2.29. The van der Waals surface area contributed by atoms with Crippen LogP contribution in [0.3, 0.4) is 0 Å². The second-order valence-electron chi connectivity index (χ2n) is 6.11. The number of primary sulfonamides is 1. The van der Waals surface area contributed by atoms with Crippen molar-refractivity contribution >= 4 is 21.7 Å². The molecule has 0 heterocycles. The van der Waals surface area contributed by atoms with Gasteiger partial charge < -0.3 is 10.6 Å². The van der Waals surface area contributed by atoms with Gasteiger partial charge in [-0.2, -0.15) is 0 Å². The first kappa shape index (κ1) is 20.9. The highest BCUT2D eigenvalue weighted by Crippen LogP contribution is 2.14. The number of benzene rings is 2. The van der Waals surface area contributed by atoms with Crippen LogP contribution in [0.4, 0.5) is 10.5 Å². The van der Waals surface area contributed by atoms with Crippen molar-refractivity contribution in [1.29, 1.82) is 0 Å². The molecule has 0 aliphatic rings.